The molecule has 3 aromatic rings. The van der Waals surface area contributed by atoms with Crippen molar-refractivity contribution in [1.29, 1.82) is 0 Å². The summed E-state index contributed by atoms with van der Waals surface area (Å²) >= 11 is 1.44. The molecule has 0 aliphatic heterocycles. The number of carbonyl (C=O) groups excluding carboxylic acids is 1. The Morgan fingerprint density at radius 2 is 2.25 bits per heavy atom. The molecule has 3 heterocycles. The molecule has 0 aromatic carbocycles. The standard InChI is InChI=1S/C16H17N5O2S/c1-16(23,13-6-4-8-24-13)10-18-15(22)20-12-9-19-21-14(12)11-5-2-3-7-17-11/h2-9,23H,10H2,1H3,(H,19,21)(H2,18,20,22). The van der Waals surface area contributed by atoms with Gasteiger partial charge >= 0.3 is 6.03 Å². The molecule has 1 unspecified atom stereocenters. The first-order chi connectivity index (χ1) is 11.6. The van der Waals surface area contributed by atoms with Crippen LogP contribution >= 0.6 is 11.3 Å². The summed E-state index contributed by atoms with van der Waals surface area (Å²) < 4.78 is 0. The lowest BCUT2D eigenvalue weighted by Crippen LogP contribution is -2.40. The first kappa shape index (κ1) is 16.2. The molecule has 3 rings (SSSR count). The van der Waals surface area contributed by atoms with Gasteiger partial charge in [-0.05, 0) is 30.5 Å². The minimum atomic E-state index is -1.12. The zero-order valence-corrected chi connectivity index (χ0v) is 13.8. The third-order valence-corrected chi connectivity index (χ3v) is 4.58. The molecule has 0 fully saturated rings. The molecule has 0 bridgehead atoms. The molecule has 0 saturated heterocycles. The van der Waals surface area contributed by atoms with E-state index in [1.165, 1.54) is 17.5 Å². The number of H-pyrrole nitrogens is 1. The van der Waals surface area contributed by atoms with Crippen molar-refractivity contribution < 1.29 is 9.90 Å². The number of nitrogens with one attached hydrogen (secondary N) is 3. The Morgan fingerprint density at radius 3 is 2.96 bits per heavy atom. The van der Waals surface area contributed by atoms with Crippen LogP contribution in [0.2, 0.25) is 0 Å². The maximum Gasteiger partial charge on any atom is 0.319 e. The molecule has 124 valence electrons. The normalized spacial score (nSPS) is 13.2. The predicted molar refractivity (Wildman–Crippen MR) is 92.7 cm³/mol. The van der Waals surface area contributed by atoms with E-state index < -0.39 is 11.6 Å². The van der Waals surface area contributed by atoms with Gasteiger partial charge in [-0.1, -0.05) is 12.1 Å². The molecule has 0 spiro atoms. The van der Waals surface area contributed by atoms with Gasteiger partial charge in [-0.3, -0.25) is 10.1 Å². The summed E-state index contributed by atoms with van der Waals surface area (Å²) in [5.41, 5.74) is 0.694. The lowest BCUT2D eigenvalue weighted by atomic mass is 10.1. The van der Waals surface area contributed by atoms with Crippen LogP contribution in [-0.4, -0.2) is 32.9 Å². The summed E-state index contributed by atoms with van der Waals surface area (Å²) in [5, 5.41) is 24.5. The van der Waals surface area contributed by atoms with Crippen LogP contribution in [0.4, 0.5) is 10.5 Å². The van der Waals surface area contributed by atoms with E-state index in [-0.39, 0.29) is 6.54 Å². The number of anilines is 1. The second-order valence-corrected chi connectivity index (χ2v) is 6.38. The SMILES string of the molecule is CC(O)(CNC(=O)Nc1cn[nH]c1-c1ccccn1)c1cccs1. The number of hydrogen-bond donors (Lipinski definition) is 4. The van der Waals surface area contributed by atoms with Crippen molar-refractivity contribution in [2.75, 3.05) is 11.9 Å². The molecule has 8 heteroatoms. The Bertz CT molecular complexity index is 799. The van der Waals surface area contributed by atoms with Gasteiger partial charge < -0.3 is 15.7 Å². The minimum Gasteiger partial charge on any atom is -0.383 e. The molecular weight excluding hydrogens is 326 g/mol. The highest BCUT2D eigenvalue weighted by atomic mass is 32.1. The van der Waals surface area contributed by atoms with Gasteiger partial charge in [0.15, 0.2) is 0 Å². The van der Waals surface area contributed by atoms with Crippen molar-refractivity contribution in [3.8, 4) is 11.4 Å². The summed E-state index contributed by atoms with van der Waals surface area (Å²) in [6.45, 7) is 1.76. The van der Waals surface area contributed by atoms with Crippen molar-refractivity contribution in [3.05, 3.63) is 53.0 Å². The predicted octanol–water partition coefficient (Wildman–Crippen LogP) is 2.56. The van der Waals surface area contributed by atoms with Crippen molar-refractivity contribution in [1.82, 2.24) is 20.5 Å². The average molecular weight is 343 g/mol. The fourth-order valence-corrected chi connectivity index (χ4v) is 2.96. The lowest BCUT2D eigenvalue weighted by Gasteiger charge is -2.22. The van der Waals surface area contributed by atoms with Gasteiger partial charge in [-0.25, -0.2) is 4.79 Å². The molecule has 3 aromatic heterocycles. The quantitative estimate of drug-likeness (QED) is 0.571. The van der Waals surface area contributed by atoms with E-state index >= 15 is 0 Å². The maximum atomic E-state index is 12.1. The Kier molecular flexibility index (Phi) is 4.59. The fraction of sp³-hybridized carbons (Fsp3) is 0.188. The first-order valence-corrected chi connectivity index (χ1v) is 8.20. The monoisotopic (exact) mass is 343 g/mol. The van der Waals surface area contributed by atoms with Gasteiger partial charge in [-0.2, -0.15) is 5.10 Å². The summed E-state index contributed by atoms with van der Waals surface area (Å²) in [6.07, 6.45) is 3.18. The van der Waals surface area contributed by atoms with Crippen LogP contribution in [0.3, 0.4) is 0 Å². The van der Waals surface area contributed by atoms with Gasteiger partial charge in [0.1, 0.15) is 11.3 Å². The van der Waals surface area contributed by atoms with Crippen molar-refractivity contribution in [2.45, 2.75) is 12.5 Å². The number of urea groups is 1. The van der Waals surface area contributed by atoms with Crippen molar-refractivity contribution in [3.63, 3.8) is 0 Å². The molecule has 2 amide bonds. The molecular formula is C16H17N5O2S. The lowest BCUT2D eigenvalue weighted by molar-refractivity contribution is 0.0637. The molecule has 0 radical (unpaired) electrons. The van der Waals surface area contributed by atoms with Gasteiger partial charge in [0, 0.05) is 11.1 Å². The number of carbonyl (C=O) groups is 1. The van der Waals surface area contributed by atoms with Crippen LogP contribution in [0.15, 0.2) is 48.1 Å². The van der Waals surface area contributed by atoms with E-state index in [1.807, 2.05) is 35.7 Å². The number of aliphatic hydroxyl groups is 1. The van der Waals surface area contributed by atoms with Crippen LogP contribution in [0, 0.1) is 0 Å². The fourth-order valence-electron chi connectivity index (χ4n) is 2.18. The zero-order chi connectivity index (χ0) is 17.0. The van der Waals surface area contributed by atoms with E-state index in [4.69, 9.17) is 0 Å². The number of thiophene rings is 1. The van der Waals surface area contributed by atoms with Gasteiger partial charge in [0.25, 0.3) is 0 Å². The average Bonchev–Trinajstić information content (AvgIpc) is 3.26. The van der Waals surface area contributed by atoms with E-state index in [2.05, 4.69) is 25.8 Å². The molecule has 0 saturated carbocycles. The number of hydrogen-bond acceptors (Lipinski definition) is 5. The minimum absolute atomic E-state index is 0.0934. The molecule has 0 aliphatic rings. The molecule has 24 heavy (non-hydrogen) atoms. The smallest absolute Gasteiger partial charge is 0.319 e. The number of aromatic nitrogens is 3. The molecule has 0 aliphatic carbocycles. The largest absolute Gasteiger partial charge is 0.383 e. The Labute approximate surface area is 142 Å². The third-order valence-electron chi connectivity index (χ3n) is 3.45. The Hall–Kier alpha value is -2.71. The van der Waals surface area contributed by atoms with Crippen LogP contribution < -0.4 is 10.6 Å². The number of rotatable bonds is 5. The zero-order valence-electron chi connectivity index (χ0n) is 13.0. The molecule has 1 atom stereocenters. The Balaban J connectivity index is 1.63. The second kappa shape index (κ2) is 6.81. The van der Waals surface area contributed by atoms with Crippen molar-refractivity contribution >= 4 is 23.1 Å². The van der Waals surface area contributed by atoms with E-state index in [0.29, 0.717) is 17.1 Å². The highest BCUT2D eigenvalue weighted by Gasteiger charge is 2.25. The summed E-state index contributed by atoms with van der Waals surface area (Å²) in [5.74, 6) is 0. The summed E-state index contributed by atoms with van der Waals surface area (Å²) in [4.78, 5) is 17.1. The van der Waals surface area contributed by atoms with Crippen molar-refractivity contribution in [2.24, 2.45) is 0 Å². The maximum absolute atomic E-state index is 12.1. The topological polar surface area (TPSA) is 103 Å². The van der Waals surface area contributed by atoms with Gasteiger partial charge in [0.2, 0.25) is 0 Å². The highest BCUT2D eigenvalue weighted by molar-refractivity contribution is 7.10. The van der Waals surface area contributed by atoms with Crippen LogP contribution in [0.25, 0.3) is 11.4 Å². The number of nitrogens with zero attached hydrogens (tertiary/aromatic N) is 2. The van der Waals surface area contributed by atoms with Crippen LogP contribution in [0.1, 0.15) is 11.8 Å². The highest BCUT2D eigenvalue weighted by Crippen LogP contribution is 2.25. The van der Waals surface area contributed by atoms with Crippen LogP contribution in [0.5, 0.6) is 0 Å². The number of amides is 2. The number of pyridine rings is 1. The van der Waals surface area contributed by atoms with Crippen LogP contribution in [-0.2, 0) is 5.60 Å². The second-order valence-electron chi connectivity index (χ2n) is 5.43. The molecule has 4 N–H and O–H groups in total. The first-order valence-electron chi connectivity index (χ1n) is 7.32. The van der Waals surface area contributed by atoms with Gasteiger partial charge in [-0.15, -0.1) is 11.3 Å². The Morgan fingerprint density at radius 1 is 1.38 bits per heavy atom. The summed E-state index contributed by atoms with van der Waals surface area (Å²) in [7, 11) is 0. The molecule has 7 nitrogen and oxygen atoms in total. The van der Waals surface area contributed by atoms with Gasteiger partial charge in [0.05, 0.1) is 24.1 Å². The number of aromatic amines is 1. The summed E-state index contributed by atoms with van der Waals surface area (Å²) in [6, 6.07) is 8.75. The van der Waals surface area contributed by atoms with E-state index in [1.54, 1.807) is 13.1 Å². The van der Waals surface area contributed by atoms with E-state index in [0.717, 1.165) is 4.88 Å². The third kappa shape index (κ3) is 3.61. The van der Waals surface area contributed by atoms with E-state index in [9.17, 15) is 9.90 Å².